The second-order valence-corrected chi connectivity index (χ2v) is 5.28. The molecule has 1 saturated carbocycles. The van der Waals surface area contributed by atoms with Gasteiger partial charge in [0, 0.05) is 0 Å². The zero-order valence-corrected chi connectivity index (χ0v) is 7.80. The summed E-state index contributed by atoms with van der Waals surface area (Å²) < 4.78 is 26.0. The maximum absolute atomic E-state index is 10.6. The van der Waals surface area contributed by atoms with E-state index in [4.69, 9.17) is 4.18 Å². The largest absolute Gasteiger partial charge is 0.316 e. The predicted molar refractivity (Wildman–Crippen MR) is 44.1 cm³/mol. The van der Waals surface area contributed by atoms with E-state index in [-0.39, 0.29) is 0 Å². The van der Waals surface area contributed by atoms with Crippen molar-refractivity contribution in [1.82, 2.24) is 5.32 Å². The lowest BCUT2D eigenvalue weighted by Crippen LogP contribution is -2.17. The lowest BCUT2D eigenvalue weighted by atomic mass is 10.3. The van der Waals surface area contributed by atoms with Crippen LogP contribution in [0.25, 0.3) is 0 Å². The van der Waals surface area contributed by atoms with Gasteiger partial charge in [0.25, 0.3) is 10.1 Å². The van der Waals surface area contributed by atoms with Crippen LogP contribution >= 0.6 is 0 Å². The fraction of sp³-hybridized carbons (Fsp3) is 1.00. The highest BCUT2D eigenvalue weighted by Crippen LogP contribution is 2.48. The Morgan fingerprint density at radius 2 is 2.00 bits per heavy atom. The summed E-state index contributed by atoms with van der Waals surface area (Å²) in [6, 6.07) is 0. The van der Waals surface area contributed by atoms with Crippen LogP contribution in [0.2, 0.25) is 0 Å². The second kappa shape index (κ2) is 2.68. The molecule has 0 aromatic heterocycles. The molecule has 12 heavy (non-hydrogen) atoms. The first-order valence-electron chi connectivity index (χ1n) is 4.13. The highest BCUT2D eigenvalue weighted by Gasteiger charge is 2.52. The summed E-state index contributed by atoms with van der Waals surface area (Å²) >= 11 is 0. The summed E-state index contributed by atoms with van der Waals surface area (Å²) in [6.07, 6.45) is 1.10. The van der Waals surface area contributed by atoms with Gasteiger partial charge in [-0.15, -0.1) is 0 Å². The van der Waals surface area contributed by atoms with Crippen LogP contribution in [0.15, 0.2) is 0 Å². The molecule has 1 heterocycles. The Bertz CT molecular complexity index is 264. The van der Waals surface area contributed by atoms with Gasteiger partial charge in [-0.1, -0.05) is 0 Å². The van der Waals surface area contributed by atoms with Crippen molar-refractivity contribution < 1.29 is 12.6 Å². The van der Waals surface area contributed by atoms with Gasteiger partial charge in [-0.05, 0) is 30.8 Å². The molecule has 1 N–H and O–H groups in total. The van der Waals surface area contributed by atoms with Crippen molar-refractivity contribution >= 4 is 10.1 Å². The van der Waals surface area contributed by atoms with Gasteiger partial charge in [0.15, 0.2) is 0 Å². The average molecular weight is 191 g/mol. The molecule has 0 radical (unpaired) electrons. The third-order valence-electron chi connectivity index (χ3n) is 2.74. The van der Waals surface area contributed by atoms with Gasteiger partial charge < -0.3 is 5.32 Å². The van der Waals surface area contributed by atoms with E-state index < -0.39 is 10.1 Å². The quantitative estimate of drug-likeness (QED) is 0.607. The minimum atomic E-state index is -3.23. The molecule has 1 aliphatic carbocycles. The maximum Gasteiger partial charge on any atom is 0.264 e. The molecule has 0 aromatic rings. The van der Waals surface area contributed by atoms with Crippen molar-refractivity contribution in [2.45, 2.75) is 0 Å². The van der Waals surface area contributed by atoms with E-state index in [0.29, 0.717) is 24.4 Å². The molecule has 1 saturated heterocycles. The van der Waals surface area contributed by atoms with Crippen molar-refractivity contribution in [3.8, 4) is 0 Å². The Morgan fingerprint density at radius 3 is 2.50 bits per heavy atom. The molecule has 2 aliphatic rings. The van der Waals surface area contributed by atoms with Crippen molar-refractivity contribution in [1.29, 1.82) is 0 Å². The van der Waals surface area contributed by atoms with Crippen LogP contribution in [0.4, 0.5) is 0 Å². The summed E-state index contributed by atoms with van der Waals surface area (Å²) in [6.45, 7) is 2.45. The van der Waals surface area contributed by atoms with E-state index in [2.05, 4.69) is 5.32 Å². The molecule has 0 unspecified atom stereocenters. The fourth-order valence-corrected chi connectivity index (χ4v) is 2.40. The maximum atomic E-state index is 10.6. The van der Waals surface area contributed by atoms with E-state index in [1.54, 1.807) is 0 Å². The first kappa shape index (κ1) is 8.47. The Hall–Kier alpha value is -0.130. The molecule has 0 amide bonds. The normalized spacial score (nSPS) is 39.6. The molecule has 4 nitrogen and oxygen atoms in total. The average Bonchev–Trinajstić information content (AvgIpc) is 2.41. The summed E-state index contributed by atoms with van der Waals surface area (Å²) in [5, 5.41) is 3.24. The van der Waals surface area contributed by atoms with E-state index in [1.807, 2.05) is 0 Å². The standard InChI is InChI=1S/C7H13NO3S/c1-12(9,10)11-4-7-5-2-8-3-6(5)7/h5-8H,2-4H2,1H3/t5-,6+,7+. The highest BCUT2D eigenvalue weighted by atomic mass is 32.2. The predicted octanol–water partition coefficient (Wildman–Crippen LogP) is -0.572. The minimum absolute atomic E-state index is 0.385. The molecule has 0 spiro atoms. The van der Waals surface area contributed by atoms with E-state index >= 15 is 0 Å². The van der Waals surface area contributed by atoms with Crippen molar-refractivity contribution in [3.63, 3.8) is 0 Å². The van der Waals surface area contributed by atoms with Crippen molar-refractivity contribution in [3.05, 3.63) is 0 Å². The number of rotatable bonds is 3. The van der Waals surface area contributed by atoms with Gasteiger partial charge in [0.1, 0.15) is 0 Å². The fourth-order valence-electron chi connectivity index (χ4n) is 2.00. The summed E-state index contributed by atoms with van der Waals surface area (Å²) in [5.41, 5.74) is 0. The first-order chi connectivity index (χ1) is 5.58. The summed E-state index contributed by atoms with van der Waals surface area (Å²) in [7, 11) is -3.23. The second-order valence-electron chi connectivity index (χ2n) is 3.64. The number of nitrogens with one attached hydrogen (secondary N) is 1. The van der Waals surface area contributed by atoms with Crippen LogP contribution in [0.5, 0.6) is 0 Å². The Kier molecular flexibility index (Phi) is 1.89. The Balaban J connectivity index is 1.77. The summed E-state index contributed by atoms with van der Waals surface area (Å²) in [4.78, 5) is 0. The number of piperidine rings is 1. The third kappa shape index (κ3) is 1.62. The molecule has 0 aromatic carbocycles. The molecule has 3 atom stereocenters. The van der Waals surface area contributed by atoms with Crippen LogP contribution in [0, 0.1) is 17.8 Å². The molecule has 0 bridgehead atoms. The zero-order chi connectivity index (χ0) is 8.77. The van der Waals surface area contributed by atoms with E-state index in [0.717, 1.165) is 19.3 Å². The molecule has 2 fully saturated rings. The van der Waals surface area contributed by atoms with Crippen molar-refractivity contribution in [2.75, 3.05) is 26.0 Å². The lowest BCUT2D eigenvalue weighted by molar-refractivity contribution is 0.287. The molecule has 70 valence electrons. The topological polar surface area (TPSA) is 55.4 Å². The van der Waals surface area contributed by atoms with Gasteiger partial charge in [-0.25, -0.2) is 0 Å². The molecule has 2 rings (SSSR count). The smallest absolute Gasteiger partial charge is 0.264 e. The minimum Gasteiger partial charge on any atom is -0.316 e. The number of hydrogen-bond donors (Lipinski definition) is 1. The number of fused-ring (bicyclic) bond motifs is 1. The van der Waals surface area contributed by atoms with Gasteiger partial charge in [-0.3, -0.25) is 4.18 Å². The zero-order valence-electron chi connectivity index (χ0n) is 6.99. The Labute approximate surface area is 72.4 Å². The summed E-state index contributed by atoms with van der Waals surface area (Å²) in [5.74, 6) is 1.83. The highest BCUT2D eigenvalue weighted by molar-refractivity contribution is 7.85. The van der Waals surface area contributed by atoms with E-state index in [1.165, 1.54) is 0 Å². The molecular weight excluding hydrogens is 178 g/mol. The van der Waals surface area contributed by atoms with Crippen LogP contribution in [-0.4, -0.2) is 34.4 Å². The van der Waals surface area contributed by atoms with Gasteiger partial charge in [0.2, 0.25) is 0 Å². The van der Waals surface area contributed by atoms with E-state index in [9.17, 15) is 8.42 Å². The van der Waals surface area contributed by atoms with Gasteiger partial charge in [-0.2, -0.15) is 8.42 Å². The van der Waals surface area contributed by atoms with Crippen LogP contribution in [-0.2, 0) is 14.3 Å². The number of hydrogen-bond acceptors (Lipinski definition) is 4. The monoisotopic (exact) mass is 191 g/mol. The van der Waals surface area contributed by atoms with Crippen LogP contribution in [0.1, 0.15) is 0 Å². The Morgan fingerprint density at radius 1 is 1.42 bits per heavy atom. The first-order valence-corrected chi connectivity index (χ1v) is 5.95. The van der Waals surface area contributed by atoms with Gasteiger partial charge >= 0.3 is 0 Å². The van der Waals surface area contributed by atoms with Crippen LogP contribution in [0.3, 0.4) is 0 Å². The molecular formula is C7H13NO3S. The molecule has 1 aliphatic heterocycles. The molecule has 5 heteroatoms. The SMILES string of the molecule is CS(=O)(=O)OC[C@H]1[C@@H]2CNC[C@@H]21. The van der Waals surface area contributed by atoms with Gasteiger partial charge in [0.05, 0.1) is 12.9 Å². The third-order valence-corrected chi connectivity index (χ3v) is 3.31. The van der Waals surface area contributed by atoms with Crippen LogP contribution < -0.4 is 5.32 Å². The lowest BCUT2D eigenvalue weighted by Gasteiger charge is -2.03. The van der Waals surface area contributed by atoms with Crippen molar-refractivity contribution in [2.24, 2.45) is 17.8 Å².